The van der Waals surface area contributed by atoms with Gasteiger partial charge in [-0.2, -0.15) is 13.2 Å². The lowest BCUT2D eigenvalue weighted by Crippen LogP contribution is -2.30. The van der Waals surface area contributed by atoms with Gasteiger partial charge in [-0.15, -0.1) is 0 Å². The van der Waals surface area contributed by atoms with Crippen molar-refractivity contribution in [2.45, 2.75) is 23.5 Å². The molecule has 1 N–H and O–H groups in total. The van der Waals surface area contributed by atoms with Crippen molar-refractivity contribution in [3.8, 4) is 0 Å². The number of carbonyl (C=O) groups is 1. The number of aromatic amines is 1. The maximum Gasteiger partial charge on any atom is 0.390 e. The van der Waals surface area contributed by atoms with E-state index < -0.39 is 18.5 Å². The van der Waals surface area contributed by atoms with Crippen molar-refractivity contribution in [1.82, 2.24) is 14.9 Å². The molecule has 0 atom stereocenters. The van der Waals surface area contributed by atoms with Crippen LogP contribution in [0.4, 0.5) is 13.2 Å². The van der Waals surface area contributed by atoms with E-state index in [1.807, 2.05) is 24.3 Å². The predicted molar refractivity (Wildman–Crippen MR) is 99.7 cm³/mol. The van der Waals surface area contributed by atoms with Crippen LogP contribution >= 0.6 is 11.8 Å². The van der Waals surface area contributed by atoms with Gasteiger partial charge in [-0.25, -0.2) is 4.98 Å². The van der Waals surface area contributed by atoms with Gasteiger partial charge in [0.15, 0.2) is 5.16 Å². The van der Waals surface area contributed by atoms with Crippen LogP contribution in [0.1, 0.15) is 22.3 Å². The molecule has 2 aromatic carbocycles. The molecule has 0 aliphatic rings. The quantitative estimate of drug-likeness (QED) is 0.607. The molecule has 0 fully saturated rings. The van der Waals surface area contributed by atoms with Gasteiger partial charge in [0.25, 0.3) is 5.91 Å². The minimum absolute atomic E-state index is 0.355. The number of para-hydroxylation sites is 2. The van der Waals surface area contributed by atoms with Gasteiger partial charge in [0.1, 0.15) is 0 Å². The third kappa shape index (κ3) is 5.26. The molecule has 4 nitrogen and oxygen atoms in total. The standard InChI is InChI=1S/C19H18F3N3OS/c1-25(11-10-19(20,21)22)17(26)14-8-6-13(7-9-14)12-27-18-23-15-4-2-3-5-16(15)24-18/h2-9H,10-12H2,1H3,(H,23,24). The van der Waals surface area contributed by atoms with Crippen LogP contribution in [0.3, 0.4) is 0 Å². The summed E-state index contributed by atoms with van der Waals surface area (Å²) in [7, 11) is 1.37. The number of nitrogens with one attached hydrogen (secondary N) is 1. The number of imidazole rings is 1. The second-order valence-corrected chi connectivity index (χ2v) is 7.10. The number of carbonyl (C=O) groups excluding carboxylic acids is 1. The number of fused-ring (bicyclic) bond motifs is 1. The molecule has 0 saturated carbocycles. The lowest BCUT2D eigenvalue weighted by molar-refractivity contribution is -0.136. The minimum atomic E-state index is -4.27. The van der Waals surface area contributed by atoms with Crippen LogP contribution in [0.25, 0.3) is 11.0 Å². The molecule has 0 aliphatic heterocycles. The van der Waals surface area contributed by atoms with Gasteiger partial charge >= 0.3 is 6.18 Å². The van der Waals surface area contributed by atoms with Gasteiger partial charge in [-0.3, -0.25) is 4.79 Å². The van der Waals surface area contributed by atoms with Crippen LogP contribution < -0.4 is 0 Å². The van der Waals surface area contributed by atoms with Crippen molar-refractivity contribution >= 4 is 28.7 Å². The molecule has 0 spiro atoms. The third-order valence-corrected chi connectivity index (χ3v) is 4.97. The van der Waals surface area contributed by atoms with Gasteiger partial charge < -0.3 is 9.88 Å². The first-order valence-electron chi connectivity index (χ1n) is 8.30. The van der Waals surface area contributed by atoms with Crippen LogP contribution in [-0.4, -0.2) is 40.5 Å². The van der Waals surface area contributed by atoms with Crippen molar-refractivity contribution in [2.75, 3.05) is 13.6 Å². The van der Waals surface area contributed by atoms with Gasteiger partial charge in [0, 0.05) is 24.9 Å². The van der Waals surface area contributed by atoms with E-state index >= 15 is 0 Å². The summed E-state index contributed by atoms with van der Waals surface area (Å²) in [6, 6.07) is 14.7. The lowest BCUT2D eigenvalue weighted by atomic mass is 10.1. The Labute approximate surface area is 158 Å². The van der Waals surface area contributed by atoms with Crippen molar-refractivity contribution in [3.05, 3.63) is 59.7 Å². The topological polar surface area (TPSA) is 49.0 Å². The summed E-state index contributed by atoms with van der Waals surface area (Å²) in [4.78, 5) is 21.0. The number of hydrogen-bond donors (Lipinski definition) is 1. The molecule has 8 heteroatoms. The number of thioether (sulfide) groups is 1. The van der Waals surface area contributed by atoms with Crippen molar-refractivity contribution < 1.29 is 18.0 Å². The number of rotatable bonds is 6. The smallest absolute Gasteiger partial charge is 0.341 e. The van der Waals surface area contributed by atoms with E-state index in [0.717, 1.165) is 26.7 Å². The Morgan fingerprint density at radius 2 is 1.85 bits per heavy atom. The summed E-state index contributed by atoms with van der Waals surface area (Å²) < 4.78 is 36.8. The van der Waals surface area contributed by atoms with Crippen LogP contribution in [0, 0.1) is 0 Å². The Morgan fingerprint density at radius 1 is 1.15 bits per heavy atom. The number of aromatic nitrogens is 2. The summed E-state index contributed by atoms with van der Waals surface area (Å²) in [5, 5.41) is 0.809. The highest BCUT2D eigenvalue weighted by molar-refractivity contribution is 7.98. The summed E-state index contributed by atoms with van der Waals surface area (Å²) in [5.74, 6) is 0.244. The van der Waals surface area contributed by atoms with E-state index in [0.29, 0.717) is 11.3 Å². The molecule has 1 aromatic heterocycles. The molecule has 0 unspecified atom stereocenters. The predicted octanol–water partition coefficient (Wildman–Crippen LogP) is 4.88. The summed E-state index contributed by atoms with van der Waals surface area (Å²) in [6.45, 7) is -0.355. The zero-order valence-electron chi connectivity index (χ0n) is 14.6. The molecule has 27 heavy (non-hydrogen) atoms. The largest absolute Gasteiger partial charge is 0.390 e. The highest BCUT2D eigenvalue weighted by atomic mass is 32.2. The van der Waals surface area contributed by atoms with Crippen LogP contribution in [0.2, 0.25) is 0 Å². The first-order chi connectivity index (χ1) is 12.8. The molecule has 0 aliphatic carbocycles. The molecule has 0 saturated heterocycles. The Balaban J connectivity index is 1.57. The first kappa shape index (κ1) is 19.3. The highest BCUT2D eigenvalue weighted by Crippen LogP contribution is 2.23. The van der Waals surface area contributed by atoms with Gasteiger partial charge in [0.2, 0.25) is 0 Å². The van der Waals surface area contributed by atoms with Crippen molar-refractivity contribution in [1.29, 1.82) is 0 Å². The first-order valence-corrected chi connectivity index (χ1v) is 9.29. The molecule has 142 valence electrons. The van der Waals surface area contributed by atoms with Crippen LogP contribution in [0.15, 0.2) is 53.7 Å². The fraction of sp³-hybridized carbons (Fsp3) is 0.263. The Morgan fingerprint density at radius 3 is 2.52 bits per heavy atom. The second kappa shape index (κ2) is 8.04. The van der Waals surface area contributed by atoms with Gasteiger partial charge in [0.05, 0.1) is 17.5 Å². The number of H-pyrrole nitrogens is 1. The maximum atomic E-state index is 12.3. The van der Waals surface area contributed by atoms with E-state index in [2.05, 4.69) is 9.97 Å². The lowest BCUT2D eigenvalue weighted by Gasteiger charge is -2.18. The molecule has 1 amide bonds. The Hall–Kier alpha value is -2.48. The number of hydrogen-bond acceptors (Lipinski definition) is 3. The van der Waals surface area contributed by atoms with Crippen LogP contribution in [0.5, 0.6) is 0 Å². The molecule has 0 bridgehead atoms. The maximum absolute atomic E-state index is 12.3. The summed E-state index contributed by atoms with van der Waals surface area (Å²) in [5.41, 5.74) is 3.25. The zero-order valence-corrected chi connectivity index (χ0v) is 15.4. The average molecular weight is 393 g/mol. The fourth-order valence-corrected chi connectivity index (χ4v) is 3.35. The molecule has 1 heterocycles. The number of halogens is 3. The zero-order chi connectivity index (χ0) is 19.4. The molecule has 3 rings (SSSR count). The van der Waals surface area contributed by atoms with E-state index in [9.17, 15) is 18.0 Å². The van der Waals surface area contributed by atoms with E-state index in [1.54, 1.807) is 36.0 Å². The number of amides is 1. The average Bonchev–Trinajstić information content (AvgIpc) is 3.06. The highest BCUT2D eigenvalue weighted by Gasteiger charge is 2.28. The number of alkyl halides is 3. The fourth-order valence-electron chi connectivity index (χ4n) is 2.51. The summed E-state index contributed by atoms with van der Waals surface area (Å²) >= 11 is 1.54. The van der Waals surface area contributed by atoms with Crippen molar-refractivity contribution in [3.63, 3.8) is 0 Å². The van der Waals surface area contributed by atoms with Gasteiger partial charge in [-0.1, -0.05) is 36.0 Å². The number of benzene rings is 2. The summed E-state index contributed by atoms with van der Waals surface area (Å²) in [6.07, 6.45) is -5.28. The minimum Gasteiger partial charge on any atom is -0.341 e. The van der Waals surface area contributed by atoms with Crippen molar-refractivity contribution in [2.24, 2.45) is 0 Å². The Bertz CT molecular complexity index is 889. The number of nitrogens with zero attached hydrogens (tertiary/aromatic N) is 2. The van der Waals surface area contributed by atoms with E-state index in [4.69, 9.17) is 0 Å². The molecule has 0 radical (unpaired) electrons. The van der Waals surface area contributed by atoms with Gasteiger partial charge in [-0.05, 0) is 29.8 Å². The SMILES string of the molecule is CN(CCC(F)(F)F)C(=O)c1ccc(CSc2nc3ccccc3[nH]2)cc1. The monoisotopic (exact) mass is 393 g/mol. The third-order valence-electron chi connectivity index (χ3n) is 4.02. The normalized spacial score (nSPS) is 11.7. The molecular weight excluding hydrogens is 375 g/mol. The van der Waals surface area contributed by atoms with E-state index in [1.165, 1.54) is 7.05 Å². The molecular formula is C19H18F3N3OS. The van der Waals surface area contributed by atoms with Crippen LogP contribution in [-0.2, 0) is 5.75 Å². The Kier molecular flexibility index (Phi) is 5.74. The second-order valence-electron chi connectivity index (χ2n) is 6.14. The van der Waals surface area contributed by atoms with E-state index in [-0.39, 0.29) is 6.54 Å². The molecule has 3 aromatic rings.